The molecule has 1 amide bonds. The standard InChI is InChI=1S/C29H30FN3O2/c1-20-17-25(35-3)16-13-23(20)7-6-10-29(34)32-31-18-27-21(2)33(28-9-5-4-8-26(27)28)19-22-11-14-24(30)15-12-22/h4-5,8-9,11-18H,6-7,10,19H2,1-3H3,(H,32,34)/b31-18-. The van der Waals surface area contributed by atoms with E-state index in [0.29, 0.717) is 13.0 Å². The quantitative estimate of drug-likeness (QED) is 0.243. The van der Waals surface area contributed by atoms with Crippen molar-refractivity contribution in [3.8, 4) is 5.75 Å². The zero-order chi connectivity index (χ0) is 24.8. The number of hydrazone groups is 1. The van der Waals surface area contributed by atoms with Crippen LogP contribution in [0.25, 0.3) is 10.9 Å². The molecule has 1 heterocycles. The number of hydrogen-bond acceptors (Lipinski definition) is 3. The fourth-order valence-corrected chi connectivity index (χ4v) is 4.34. The highest BCUT2D eigenvalue weighted by Gasteiger charge is 2.13. The van der Waals surface area contributed by atoms with Gasteiger partial charge in [-0.25, -0.2) is 9.82 Å². The van der Waals surface area contributed by atoms with E-state index in [1.54, 1.807) is 25.5 Å². The van der Waals surface area contributed by atoms with E-state index in [9.17, 15) is 9.18 Å². The van der Waals surface area contributed by atoms with Gasteiger partial charge in [-0.2, -0.15) is 5.10 Å². The fourth-order valence-electron chi connectivity index (χ4n) is 4.34. The van der Waals surface area contributed by atoms with Crippen molar-refractivity contribution >= 4 is 23.0 Å². The molecule has 3 aromatic carbocycles. The maximum atomic E-state index is 13.3. The van der Waals surface area contributed by atoms with E-state index < -0.39 is 0 Å². The minimum atomic E-state index is -0.245. The first kappa shape index (κ1) is 24.2. The molecule has 0 unspecified atom stereocenters. The molecule has 0 aliphatic heterocycles. The number of methoxy groups -OCH3 is 1. The zero-order valence-corrected chi connectivity index (χ0v) is 20.3. The van der Waals surface area contributed by atoms with Crippen molar-refractivity contribution in [2.45, 2.75) is 39.7 Å². The molecule has 0 aliphatic rings. The molecule has 0 saturated carbocycles. The lowest BCUT2D eigenvalue weighted by Crippen LogP contribution is -2.17. The van der Waals surface area contributed by atoms with Crippen LogP contribution in [0.5, 0.6) is 5.75 Å². The first-order valence-electron chi connectivity index (χ1n) is 11.7. The van der Waals surface area contributed by atoms with Crippen LogP contribution in [0, 0.1) is 19.7 Å². The highest BCUT2D eigenvalue weighted by molar-refractivity contribution is 6.01. The molecule has 4 rings (SSSR count). The predicted molar refractivity (Wildman–Crippen MR) is 139 cm³/mol. The lowest BCUT2D eigenvalue weighted by molar-refractivity contribution is -0.121. The monoisotopic (exact) mass is 471 g/mol. The van der Waals surface area contributed by atoms with Crippen LogP contribution in [0.4, 0.5) is 4.39 Å². The Morgan fingerprint density at radius 3 is 2.60 bits per heavy atom. The van der Waals surface area contributed by atoms with Gasteiger partial charge in [0.05, 0.1) is 13.3 Å². The second kappa shape index (κ2) is 11.0. The third-order valence-electron chi connectivity index (χ3n) is 6.32. The summed E-state index contributed by atoms with van der Waals surface area (Å²) in [6, 6.07) is 20.6. The van der Waals surface area contributed by atoms with Gasteiger partial charge in [-0.1, -0.05) is 36.4 Å². The number of para-hydroxylation sites is 1. The van der Waals surface area contributed by atoms with Crippen LogP contribution in [-0.4, -0.2) is 23.8 Å². The second-order valence-electron chi connectivity index (χ2n) is 8.67. The van der Waals surface area contributed by atoms with Crippen LogP contribution >= 0.6 is 0 Å². The topological polar surface area (TPSA) is 55.6 Å². The van der Waals surface area contributed by atoms with Crippen molar-refractivity contribution in [1.29, 1.82) is 0 Å². The van der Waals surface area contributed by atoms with Gasteiger partial charge in [-0.05, 0) is 73.7 Å². The van der Waals surface area contributed by atoms with Crippen LogP contribution in [0.3, 0.4) is 0 Å². The van der Waals surface area contributed by atoms with E-state index in [1.807, 2.05) is 37.3 Å². The average molecular weight is 472 g/mol. The molecule has 1 N–H and O–H groups in total. The summed E-state index contributed by atoms with van der Waals surface area (Å²) in [5.41, 5.74) is 9.11. The van der Waals surface area contributed by atoms with E-state index >= 15 is 0 Å². The summed E-state index contributed by atoms with van der Waals surface area (Å²) in [4.78, 5) is 12.4. The first-order valence-corrected chi connectivity index (χ1v) is 11.7. The molecule has 0 spiro atoms. The molecule has 6 heteroatoms. The zero-order valence-electron chi connectivity index (χ0n) is 20.3. The van der Waals surface area contributed by atoms with Gasteiger partial charge in [-0.3, -0.25) is 4.79 Å². The lowest BCUT2D eigenvalue weighted by atomic mass is 10.0. The Morgan fingerprint density at radius 1 is 1.09 bits per heavy atom. The number of aromatic nitrogens is 1. The molecule has 1 aromatic heterocycles. The first-order chi connectivity index (χ1) is 17.0. The van der Waals surface area contributed by atoms with Gasteiger partial charge in [0.25, 0.3) is 0 Å². The number of halogens is 1. The number of amides is 1. The number of hydrogen-bond donors (Lipinski definition) is 1. The maximum Gasteiger partial charge on any atom is 0.240 e. The summed E-state index contributed by atoms with van der Waals surface area (Å²) in [6.45, 7) is 4.71. The van der Waals surface area contributed by atoms with Crippen LogP contribution in [0.1, 0.15) is 40.8 Å². The smallest absolute Gasteiger partial charge is 0.240 e. The largest absolute Gasteiger partial charge is 0.497 e. The molecule has 0 radical (unpaired) electrons. The van der Waals surface area contributed by atoms with Gasteiger partial charge in [0.2, 0.25) is 5.91 Å². The minimum Gasteiger partial charge on any atom is -0.497 e. The number of nitrogens with zero attached hydrogens (tertiary/aromatic N) is 2. The van der Waals surface area contributed by atoms with Crippen molar-refractivity contribution in [3.05, 3.63) is 100 Å². The van der Waals surface area contributed by atoms with Gasteiger partial charge in [0.15, 0.2) is 0 Å². The van der Waals surface area contributed by atoms with Crippen molar-refractivity contribution in [2.75, 3.05) is 7.11 Å². The number of carbonyl (C=O) groups is 1. The molecule has 0 bridgehead atoms. The molecular formula is C29H30FN3O2. The Kier molecular flexibility index (Phi) is 7.60. The summed E-state index contributed by atoms with van der Waals surface area (Å²) in [5, 5.41) is 5.30. The number of carbonyl (C=O) groups excluding carboxylic acids is 1. The SMILES string of the molecule is COc1ccc(CCCC(=O)N/N=C\c2c(C)n(Cc3ccc(F)cc3)c3ccccc23)c(C)c1. The number of nitrogens with one attached hydrogen (secondary N) is 1. The van der Waals surface area contributed by atoms with E-state index in [1.165, 1.54) is 17.7 Å². The normalized spacial score (nSPS) is 11.3. The Balaban J connectivity index is 1.40. The molecule has 0 fully saturated rings. The molecule has 0 atom stereocenters. The molecule has 0 saturated heterocycles. The summed E-state index contributed by atoms with van der Waals surface area (Å²) in [6.07, 6.45) is 3.67. The van der Waals surface area contributed by atoms with Crippen LogP contribution < -0.4 is 10.2 Å². The highest BCUT2D eigenvalue weighted by atomic mass is 19.1. The molecule has 0 aliphatic carbocycles. The summed E-state index contributed by atoms with van der Waals surface area (Å²) < 4.78 is 20.7. The Hall–Kier alpha value is -3.93. The Bertz CT molecular complexity index is 1360. The van der Waals surface area contributed by atoms with Gasteiger partial charge < -0.3 is 9.30 Å². The molecule has 35 heavy (non-hydrogen) atoms. The third kappa shape index (κ3) is 5.77. The number of aryl methyl sites for hydroxylation is 2. The van der Waals surface area contributed by atoms with Gasteiger partial charge in [-0.15, -0.1) is 0 Å². The highest BCUT2D eigenvalue weighted by Crippen LogP contribution is 2.25. The summed E-state index contributed by atoms with van der Waals surface area (Å²) in [7, 11) is 1.66. The second-order valence-corrected chi connectivity index (χ2v) is 8.67. The number of ether oxygens (including phenoxy) is 1. The summed E-state index contributed by atoms with van der Waals surface area (Å²) in [5.74, 6) is 0.485. The average Bonchev–Trinajstić information content (AvgIpc) is 3.12. The van der Waals surface area contributed by atoms with E-state index in [0.717, 1.165) is 51.9 Å². The predicted octanol–water partition coefficient (Wildman–Crippen LogP) is 5.93. The maximum absolute atomic E-state index is 13.3. The van der Waals surface area contributed by atoms with Crippen molar-refractivity contribution < 1.29 is 13.9 Å². The van der Waals surface area contributed by atoms with Gasteiger partial charge >= 0.3 is 0 Å². The molecule has 5 nitrogen and oxygen atoms in total. The van der Waals surface area contributed by atoms with E-state index in [4.69, 9.17) is 4.74 Å². The molecule has 180 valence electrons. The van der Waals surface area contributed by atoms with Crippen molar-refractivity contribution in [2.24, 2.45) is 5.10 Å². The van der Waals surface area contributed by atoms with Gasteiger partial charge in [0, 0.05) is 35.1 Å². The van der Waals surface area contributed by atoms with Crippen molar-refractivity contribution in [1.82, 2.24) is 9.99 Å². The Morgan fingerprint density at radius 2 is 1.86 bits per heavy atom. The van der Waals surface area contributed by atoms with Gasteiger partial charge in [0.1, 0.15) is 11.6 Å². The molecular weight excluding hydrogens is 441 g/mol. The number of rotatable bonds is 9. The fraction of sp³-hybridized carbons (Fsp3) is 0.241. The molecule has 4 aromatic rings. The third-order valence-corrected chi connectivity index (χ3v) is 6.32. The van der Waals surface area contributed by atoms with Crippen LogP contribution in [0.2, 0.25) is 0 Å². The van der Waals surface area contributed by atoms with E-state index in [-0.39, 0.29) is 11.7 Å². The number of fused-ring (bicyclic) bond motifs is 1. The van der Waals surface area contributed by atoms with Crippen molar-refractivity contribution in [3.63, 3.8) is 0 Å². The lowest BCUT2D eigenvalue weighted by Gasteiger charge is -2.09. The number of benzene rings is 3. The van der Waals surface area contributed by atoms with E-state index in [2.05, 4.69) is 34.2 Å². The minimum absolute atomic E-state index is 0.111. The Labute approximate surface area is 205 Å². The van der Waals surface area contributed by atoms with Crippen LogP contribution in [-0.2, 0) is 17.8 Å². The van der Waals surface area contributed by atoms with Crippen LogP contribution in [0.15, 0.2) is 71.8 Å². The summed E-state index contributed by atoms with van der Waals surface area (Å²) >= 11 is 0.